The summed E-state index contributed by atoms with van der Waals surface area (Å²) in [4.78, 5) is 0. The molecule has 0 radical (unpaired) electrons. The van der Waals surface area contributed by atoms with Gasteiger partial charge in [0.2, 0.25) is 0 Å². The number of benzene rings is 2. The molecule has 0 fully saturated rings. The fourth-order valence-corrected chi connectivity index (χ4v) is 4.42. The number of ether oxygens (including phenoxy) is 4. The Morgan fingerprint density at radius 3 is 1.81 bits per heavy atom. The van der Waals surface area contributed by atoms with Crippen molar-refractivity contribution in [2.24, 2.45) is 5.92 Å². The molecule has 0 heterocycles. The summed E-state index contributed by atoms with van der Waals surface area (Å²) in [5.41, 5.74) is 3.91. The molecule has 4 heteroatoms. The minimum atomic E-state index is 0.287. The average molecular weight is 356 g/mol. The van der Waals surface area contributed by atoms with Gasteiger partial charge in [0.05, 0.1) is 28.4 Å². The zero-order chi connectivity index (χ0) is 18.8. The highest BCUT2D eigenvalue weighted by Gasteiger charge is 2.39. The molecule has 0 amide bonds. The maximum Gasteiger partial charge on any atom is 0.161 e. The number of fused-ring (bicyclic) bond motifs is 1. The molecule has 0 unspecified atom stereocenters. The van der Waals surface area contributed by atoms with Crippen molar-refractivity contribution in [1.82, 2.24) is 0 Å². The molecule has 4 nitrogen and oxygen atoms in total. The van der Waals surface area contributed by atoms with E-state index in [1.165, 1.54) is 16.7 Å². The van der Waals surface area contributed by atoms with Gasteiger partial charge in [-0.05, 0) is 59.2 Å². The average Bonchev–Trinajstić information content (AvgIpc) is 2.96. The van der Waals surface area contributed by atoms with Crippen LogP contribution in [-0.4, -0.2) is 28.4 Å². The normalized spacial score (nSPS) is 21.2. The van der Waals surface area contributed by atoms with Crippen LogP contribution in [-0.2, 0) is 0 Å². The Labute approximate surface area is 156 Å². The summed E-state index contributed by atoms with van der Waals surface area (Å²) in [6.45, 7) is 4.58. The number of methoxy groups -OCH3 is 4. The molecule has 140 valence electrons. The maximum absolute atomic E-state index is 5.56. The van der Waals surface area contributed by atoms with Crippen LogP contribution >= 0.6 is 0 Å². The fraction of sp³-hybridized carbons (Fsp3) is 0.455. The monoisotopic (exact) mass is 356 g/mol. The largest absolute Gasteiger partial charge is 0.493 e. The summed E-state index contributed by atoms with van der Waals surface area (Å²) in [5.74, 6) is 4.34. The van der Waals surface area contributed by atoms with Gasteiger partial charge in [0.15, 0.2) is 23.0 Å². The predicted molar refractivity (Wildman–Crippen MR) is 103 cm³/mol. The molecule has 0 aliphatic heterocycles. The van der Waals surface area contributed by atoms with Crippen molar-refractivity contribution in [3.63, 3.8) is 0 Å². The first-order chi connectivity index (χ1) is 12.6. The molecule has 0 bridgehead atoms. The zero-order valence-electron chi connectivity index (χ0n) is 16.5. The lowest BCUT2D eigenvalue weighted by Crippen LogP contribution is -2.09. The van der Waals surface area contributed by atoms with Crippen LogP contribution in [0.25, 0.3) is 0 Å². The van der Waals surface area contributed by atoms with Gasteiger partial charge in [0.25, 0.3) is 0 Å². The molecule has 2 aromatic carbocycles. The second-order valence-electron chi connectivity index (χ2n) is 6.80. The number of hydrogen-bond acceptors (Lipinski definition) is 4. The first kappa shape index (κ1) is 18.4. The lowest BCUT2D eigenvalue weighted by atomic mass is 9.83. The van der Waals surface area contributed by atoms with E-state index in [0.29, 0.717) is 11.8 Å². The summed E-state index contributed by atoms with van der Waals surface area (Å²) in [7, 11) is 6.71. The highest BCUT2D eigenvalue weighted by Crippen LogP contribution is 2.54. The summed E-state index contributed by atoms with van der Waals surface area (Å²) < 4.78 is 22.0. The van der Waals surface area contributed by atoms with E-state index >= 15 is 0 Å². The van der Waals surface area contributed by atoms with E-state index in [0.717, 1.165) is 29.4 Å². The van der Waals surface area contributed by atoms with E-state index < -0.39 is 0 Å². The van der Waals surface area contributed by atoms with E-state index in [2.05, 4.69) is 38.1 Å². The van der Waals surface area contributed by atoms with Crippen molar-refractivity contribution in [2.75, 3.05) is 28.4 Å². The van der Waals surface area contributed by atoms with Gasteiger partial charge in [0.1, 0.15) is 0 Å². The van der Waals surface area contributed by atoms with Crippen LogP contribution in [0.15, 0.2) is 30.3 Å². The van der Waals surface area contributed by atoms with E-state index in [4.69, 9.17) is 18.9 Å². The lowest BCUT2D eigenvalue weighted by Gasteiger charge is -2.22. The van der Waals surface area contributed by atoms with Crippen LogP contribution in [0.5, 0.6) is 23.0 Å². The Hall–Kier alpha value is -2.36. The van der Waals surface area contributed by atoms with Crippen LogP contribution in [0.3, 0.4) is 0 Å². The highest BCUT2D eigenvalue weighted by molar-refractivity contribution is 5.56. The first-order valence-corrected chi connectivity index (χ1v) is 9.07. The van der Waals surface area contributed by atoms with Crippen LogP contribution in [0.2, 0.25) is 0 Å². The Balaban J connectivity index is 2.15. The highest BCUT2D eigenvalue weighted by atomic mass is 16.5. The molecule has 0 spiro atoms. The van der Waals surface area contributed by atoms with Crippen molar-refractivity contribution in [1.29, 1.82) is 0 Å². The topological polar surface area (TPSA) is 36.9 Å². The first-order valence-electron chi connectivity index (χ1n) is 9.07. The van der Waals surface area contributed by atoms with Crippen molar-refractivity contribution in [2.45, 2.75) is 32.1 Å². The van der Waals surface area contributed by atoms with E-state index in [1.807, 2.05) is 6.07 Å². The number of hydrogen-bond donors (Lipinski definition) is 0. The Morgan fingerprint density at radius 1 is 0.731 bits per heavy atom. The second-order valence-corrected chi connectivity index (χ2v) is 6.80. The predicted octanol–water partition coefficient (Wildman–Crippen LogP) is 5.00. The Morgan fingerprint density at radius 2 is 1.27 bits per heavy atom. The zero-order valence-corrected chi connectivity index (χ0v) is 16.5. The molecule has 1 aliphatic rings. The molecule has 2 aromatic rings. The van der Waals surface area contributed by atoms with Gasteiger partial charge in [-0.1, -0.05) is 19.9 Å². The minimum Gasteiger partial charge on any atom is -0.493 e. The molecule has 0 saturated heterocycles. The minimum absolute atomic E-state index is 0.287. The van der Waals surface area contributed by atoms with E-state index in [-0.39, 0.29) is 5.92 Å². The summed E-state index contributed by atoms with van der Waals surface area (Å²) in [5, 5.41) is 0. The third-order valence-corrected chi connectivity index (χ3v) is 5.69. The van der Waals surface area contributed by atoms with Crippen LogP contribution < -0.4 is 18.9 Å². The Bertz CT molecular complexity index is 784. The molecular weight excluding hydrogens is 328 g/mol. The van der Waals surface area contributed by atoms with Crippen molar-refractivity contribution < 1.29 is 18.9 Å². The molecule has 0 saturated carbocycles. The smallest absolute Gasteiger partial charge is 0.161 e. The molecule has 1 aliphatic carbocycles. The van der Waals surface area contributed by atoms with Gasteiger partial charge in [-0.2, -0.15) is 0 Å². The van der Waals surface area contributed by atoms with Crippen molar-refractivity contribution in [3.05, 3.63) is 47.0 Å². The van der Waals surface area contributed by atoms with Crippen molar-refractivity contribution in [3.8, 4) is 23.0 Å². The number of rotatable bonds is 6. The fourth-order valence-electron chi connectivity index (χ4n) is 4.42. The van der Waals surface area contributed by atoms with Gasteiger partial charge in [-0.15, -0.1) is 0 Å². The van der Waals surface area contributed by atoms with Crippen LogP contribution in [0.4, 0.5) is 0 Å². The van der Waals surface area contributed by atoms with Gasteiger partial charge < -0.3 is 18.9 Å². The maximum atomic E-state index is 5.56. The molecule has 0 N–H and O–H groups in total. The van der Waals surface area contributed by atoms with Gasteiger partial charge in [-0.25, -0.2) is 0 Å². The van der Waals surface area contributed by atoms with Gasteiger partial charge >= 0.3 is 0 Å². The third kappa shape index (κ3) is 2.87. The molecule has 0 aromatic heterocycles. The summed E-state index contributed by atoms with van der Waals surface area (Å²) in [6, 6.07) is 10.5. The SMILES string of the molecule is CC[C@@H]1c2cc(OC)c(OC)cc2[C@H](c2ccc(OC)c(OC)c2)[C@H]1C. The van der Waals surface area contributed by atoms with Gasteiger partial charge in [-0.3, -0.25) is 0 Å². The molecule has 26 heavy (non-hydrogen) atoms. The van der Waals surface area contributed by atoms with Crippen LogP contribution in [0.1, 0.15) is 48.8 Å². The molecule has 3 atom stereocenters. The lowest BCUT2D eigenvalue weighted by molar-refractivity contribution is 0.353. The third-order valence-electron chi connectivity index (χ3n) is 5.69. The summed E-state index contributed by atoms with van der Waals surface area (Å²) in [6.07, 6.45) is 1.09. The Kier molecular flexibility index (Phi) is 5.30. The standard InChI is InChI=1S/C22H28O4/c1-7-15-13(2)22(14-8-9-18(23-3)19(10-14)24-4)17-12-21(26-6)20(25-5)11-16(15)17/h8-13,15,22H,7H2,1-6H3/t13-,15-,22-/m0/s1. The molecular formula is C22H28O4. The van der Waals surface area contributed by atoms with E-state index in [9.17, 15) is 0 Å². The molecule has 3 rings (SSSR count). The van der Waals surface area contributed by atoms with Crippen LogP contribution in [0, 0.1) is 5.92 Å². The van der Waals surface area contributed by atoms with E-state index in [1.54, 1.807) is 28.4 Å². The second kappa shape index (κ2) is 7.48. The summed E-state index contributed by atoms with van der Waals surface area (Å²) >= 11 is 0. The quantitative estimate of drug-likeness (QED) is 0.730. The van der Waals surface area contributed by atoms with Gasteiger partial charge in [0, 0.05) is 5.92 Å². The van der Waals surface area contributed by atoms with Crippen molar-refractivity contribution >= 4 is 0 Å².